The summed E-state index contributed by atoms with van der Waals surface area (Å²) in [6.45, 7) is 3.95. The zero-order valence-electron chi connectivity index (χ0n) is 9.76. The van der Waals surface area contributed by atoms with Crippen LogP contribution in [0, 0.1) is 6.92 Å². The molecule has 0 aliphatic carbocycles. The Kier molecular flexibility index (Phi) is 3.85. The normalized spacial score (nSPS) is 22.2. The standard InChI is InChI=1S/C12H19N3O/c1-10-13-6-5-11(14-10)12-4-2-3-7-15(12)8-9-16/h5-6,12,16H,2-4,7-9H2,1H3. The fraction of sp³-hybridized carbons (Fsp3) is 0.667. The van der Waals surface area contributed by atoms with Crippen molar-refractivity contribution in [3.8, 4) is 0 Å². The Hall–Kier alpha value is -1.00. The Balaban J connectivity index is 2.16. The third-order valence-corrected chi connectivity index (χ3v) is 3.14. The molecule has 1 atom stereocenters. The van der Waals surface area contributed by atoms with Crippen LogP contribution in [0.2, 0.25) is 0 Å². The summed E-state index contributed by atoms with van der Waals surface area (Å²) in [5.41, 5.74) is 1.10. The first-order valence-corrected chi connectivity index (χ1v) is 5.95. The highest BCUT2D eigenvalue weighted by Crippen LogP contribution is 2.28. The van der Waals surface area contributed by atoms with Crippen LogP contribution in [0.3, 0.4) is 0 Å². The highest BCUT2D eigenvalue weighted by molar-refractivity contribution is 5.08. The minimum Gasteiger partial charge on any atom is -0.395 e. The second-order valence-electron chi connectivity index (χ2n) is 4.30. The molecule has 1 aromatic rings. The molecule has 2 rings (SSSR count). The van der Waals surface area contributed by atoms with E-state index in [1.54, 1.807) is 0 Å². The van der Waals surface area contributed by atoms with E-state index in [2.05, 4.69) is 14.9 Å². The number of aliphatic hydroxyl groups is 1. The van der Waals surface area contributed by atoms with Crippen molar-refractivity contribution in [2.75, 3.05) is 19.7 Å². The minimum atomic E-state index is 0.223. The molecule has 1 aliphatic rings. The van der Waals surface area contributed by atoms with Gasteiger partial charge in [0.1, 0.15) is 5.82 Å². The molecule has 16 heavy (non-hydrogen) atoms. The van der Waals surface area contributed by atoms with Gasteiger partial charge < -0.3 is 5.11 Å². The van der Waals surface area contributed by atoms with E-state index in [-0.39, 0.29) is 6.61 Å². The third-order valence-electron chi connectivity index (χ3n) is 3.14. The molecule has 1 aliphatic heterocycles. The Labute approximate surface area is 96.3 Å². The first-order valence-electron chi connectivity index (χ1n) is 5.95. The van der Waals surface area contributed by atoms with Crippen molar-refractivity contribution in [3.05, 3.63) is 23.8 Å². The second-order valence-corrected chi connectivity index (χ2v) is 4.30. The van der Waals surface area contributed by atoms with Gasteiger partial charge in [0.25, 0.3) is 0 Å². The molecule has 88 valence electrons. The molecule has 0 aromatic carbocycles. The van der Waals surface area contributed by atoms with E-state index in [1.165, 1.54) is 12.8 Å². The fourth-order valence-corrected chi connectivity index (χ4v) is 2.38. The number of likely N-dealkylation sites (tertiary alicyclic amines) is 1. The second kappa shape index (κ2) is 5.37. The summed E-state index contributed by atoms with van der Waals surface area (Å²) >= 11 is 0. The average Bonchev–Trinajstić information content (AvgIpc) is 2.30. The maximum Gasteiger partial charge on any atom is 0.125 e. The smallest absolute Gasteiger partial charge is 0.125 e. The predicted octanol–water partition coefficient (Wildman–Crippen LogP) is 1.30. The summed E-state index contributed by atoms with van der Waals surface area (Å²) in [5, 5.41) is 9.06. The molecule has 0 radical (unpaired) electrons. The van der Waals surface area contributed by atoms with Gasteiger partial charge in [0.2, 0.25) is 0 Å². The Morgan fingerprint density at radius 2 is 2.38 bits per heavy atom. The summed E-state index contributed by atoms with van der Waals surface area (Å²) in [4.78, 5) is 10.9. The molecule has 0 bridgehead atoms. The molecule has 0 saturated carbocycles. The highest BCUT2D eigenvalue weighted by Gasteiger charge is 2.24. The SMILES string of the molecule is Cc1nccc(C2CCCCN2CCO)n1. The average molecular weight is 221 g/mol. The summed E-state index contributed by atoms with van der Waals surface area (Å²) in [7, 11) is 0. The Morgan fingerprint density at radius 1 is 1.50 bits per heavy atom. The number of nitrogens with zero attached hydrogens (tertiary/aromatic N) is 3. The molecule has 1 aromatic heterocycles. The number of hydrogen-bond donors (Lipinski definition) is 1. The van der Waals surface area contributed by atoms with Crippen molar-refractivity contribution in [1.29, 1.82) is 0 Å². The van der Waals surface area contributed by atoms with Gasteiger partial charge in [0.15, 0.2) is 0 Å². The van der Waals surface area contributed by atoms with Crippen molar-refractivity contribution in [2.45, 2.75) is 32.2 Å². The number of piperidine rings is 1. The van der Waals surface area contributed by atoms with E-state index in [0.717, 1.165) is 31.0 Å². The van der Waals surface area contributed by atoms with E-state index in [9.17, 15) is 0 Å². The third kappa shape index (κ3) is 2.57. The van der Waals surface area contributed by atoms with Gasteiger partial charge in [0, 0.05) is 12.7 Å². The van der Waals surface area contributed by atoms with Crippen molar-refractivity contribution in [1.82, 2.24) is 14.9 Å². The number of aliphatic hydroxyl groups excluding tert-OH is 1. The first kappa shape index (κ1) is 11.5. The Bertz CT molecular complexity index is 341. The van der Waals surface area contributed by atoms with E-state index < -0.39 is 0 Å². The maximum atomic E-state index is 9.06. The number of rotatable bonds is 3. The number of aryl methyl sites for hydroxylation is 1. The van der Waals surface area contributed by atoms with Gasteiger partial charge in [-0.2, -0.15) is 0 Å². The largest absolute Gasteiger partial charge is 0.395 e. The molecule has 1 N–H and O–H groups in total. The summed E-state index contributed by atoms with van der Waals surface area (Å²) in [6, 6.07) is 2.36. The van der Waals surface area contributed by atoms with Crippen molar-refractivity contribution in [2.24, 2.45) is 0 Å². The minimum absolute atomic E-state index is 0.223. The van der Waals surface area contributed by atoms with E-state index in [1.807, 2.05) is 19.2 Å². The van der Waals surface area contributed by atoms with Crippen LogP contribution in [0.1, 0.15) is 36.8 Å². The maximum absolute atomic E-state index is 9.06. The fourth-order valence-electron chi connectivity index (χ4n) is 2.38. The highest BCUT2D eigenvalue weighted by atomic mass is 16.3. The van der Waals surface area contributed by atoms with Crippen LogP contribution in [0.15, 0.2) is 12.3 Å². The van der Waals surface area contributed by atoms with Gasteiger partial charge in [-0.1, -0.05) is 6.42 Å². The van der Waals surface area contributed by atoms with Gasteiger partial charge in [0.05, 0.1) is 18.3 Å². The van der Waals surface area contributed by atoms with Gasteiger partial charge in [-0.3, -0.25) is 4.90 Å². The number of β-amino-alcohol motifs (C(OH)–C–C–N with tert-alkyl or cyclic N) is 1. The lowest BCUT2D eigenvalue weighted by Gasteiger charge is -2.34. The van der Waals surface area contributed by atoms with Crippen LogP contribution >= 0.6 is 0 Å². The van der Waals surface area contributed by atoms with Crippen molar-refractivity contribution < 1.29 is 5.11 Å². The molecule has 1 fully saturated rings. The molecule has 2 heterocycles. The topological polar surface area (TPSA) is 49.2 Å². The molecule has 1 saturated heterocycles. The van der Waals surface area contributed by atoms with E-state index in [4.69, 9.17) is 5.11 Å². The molecule has 1 unspecified atom stereocenters. The van der Waals surface area contributed by atoms with Crippen molar-refractivity contribution >= 4 is 0 Å². The summed E-state index contributed by atoms with van der Waals surface area (Å²) in [6.07, 6.45) is 5.43. The van der Waals surface area contributed by atoms with E-state index >= 15 is 0 Å². The molecule has 4 nitrogen and oxygen atoms in total. The molecular formula is C12H19N3O. The van der Waals surface area contributed by atoms with Crippen LogP contribution in [0.25, 0.3) is 0 Å². The van der Waals surface area contributed by atoms with E-state index in [0.29, 0.717) is 6.04 Å². The van der Waals surface area contributed by atoms with Crippen LogP contribution in [0.5, 0.6) is 0 Å². The summed E-state index contributed by atoms with van der Waals surface area (Å²) in [5.74, 6) is 0.826. The number of hydrogen-bond acceptors (Lipinski definition) is 4. The molecular weight excluding hydrogens is 202 g/mol. The lowest BCUT2D eigenvalue weighted by atomic mass is 9.99. The van der Waals surface area contributed by atoms with Gasteiger partial charge in [-0.05, 0) is 32.4 Å². The van der Waals surface area contributed by atoms with Crippen LogP contribution in [-0.4, -0.2) is 39.7 Å². The number of aromatic nitrogens is 2. The van der Waals surface area contributed by atoms with Gasteiger partial charge in [-0.15, -0.1) is 0 Å². The molecule has 0 spiro atoms. The predicted molar refractivity (Wildman–Crippen MR) is 62.0 cm³/mol. The van der Waals surface area contributed by atoms with Gasteiger partial charge >= 0.3 is 0 Å². The molecule has 0 amide bonds. The molecule has 4 heteroatoms. The van der Waals surface area contributed by atoms with Crippen LogP contribution in [-0.2, 0) is 0 Å². The quantitative estimate of drug-likeness (QED) is 0.836. The zero-order valence-corrected chi connectivity index (χ0v) is 9.76. The Morgan fingerprint density at radius 3 is 3.12 bits per heavy atom. The van der Waals surface area contributed by atoms with Gasteiger partial charge in [-0.25, -0.2) is 9.97 Å². The zero-order chi connectivity index (χ0) is 11.4. The van der Waals surface area contributed by atoms with Crippen LogP contribution in [0.4, 0.5) is 0 Å². The summed E-state index contributed by atoms with van der Waals surface area (Å²) < 4.78 is 0. The first-order chi connectivity index (χ1) is 7.81. The van der Waals surface area contributed by atoms with Crippen LogP contribution < -0.4 is 0 Å². The lowest BCUT2D eigenvalue weighted by Crippen LogP contribution is -2.36. The lowest BCUT2D eigenvalue weighted by molar-refractivity contribution is 0.114. The monoisotopic (exact) mass is 221 g/mol. The van der Waals surface area contributed by atoms with Crippen molar-refractivity contribution in [3.63, 3.8) is 0 Å².